The van der Waals surface area contributed by atoms with Crippen molar-refractivity contribution in [1.29, 1.82) is 0 Å². The number of allylic oxidation sites excluding steroid dienone is 2. The van der Waals surface area contributed by atoms with Crippen molar-refractivity contribution in [3.63, 3.8) is 0 Å². The Morgan fingerprint density at radius 2 is 1.95 bits per heavy atom. The fourth-order valence-corrected chi connectivity index (χ4v) is 3.47. The number of ketones is 1. The standard InChI is InChI=1S/C18H30NO2/c1-19(13-7-4-8-14-19)12-6-3-5-9-16-10-11-18(21-2)17(20)15-16/h10-11,15,18H,3-9,12-14H2,1-2H3/q+1. The van der Waals surface area contributed by atoms with Crippen LogP contribution in [0.2, 0.25) is 0 Å². The van der Waals surface area contributed by atoms with E-state index in [-0.39, 0.29) is 11.9 Å². The molecule has 0 amide bonds. The Morgan fingerprint density at radius 1 is 1.19 bits per heavy atom. The zero-order chi connectivity index (χ0) is 15.1. The van der Waals surface area contributed by atoms with E-state index in [0.29, 0.717) is 0 Å². The molecule has 0 aromatic heterocycles. The molecule has 3 nitrogen and oxygen atoms in total. The predicted octanol–water partition coefficient (Wildman–Crippen LogP) is 3.26. The molecule has 0 aromatic carbocycles. The molecule has 1 aliphatic heterocycles. The van der Waals surface area contributed by atoms with Gasteiger partial charge in [-0.3, -0.25) is 4.79 Å². The second-order valence-corrected chi connectivity index (χ2v) is 6.80. The average molecular weight is 292 g/mol. The van der Waals surface area contributed by atoms with E-state index in [2.05, 4.69) is 7.05 Å². The highest BCUT2D eigenvalue weighted by molar-refractivity contribution is 5.97. The Morgan fingerprint density at radius 3 is 2.62 bits per heavy atom. The summed E-state index contributed by atoms with van der Waals surface area (Å²) in [5, 5.41) is 0. The molecule has 0 saturated carbocycles. The van der Waals surface area contributed by atoms with E-state index in [9.17, 15) is 4.79 Å². The monoisotopic (exact) mass is 292 g/mol. The van der Waals surface area contributed by atoms with Gasteiger partial charge in [0, 0.05) is 7.11 Å². The largest absolute Gasteiger partial charge is 0.369 e. The summed E-state index contributed by atoms with van der Waals surface area (Å²) < 4.78 is 6.36. The molecule has 21 heavy (non-hydrogen) atoms. The molecule has 0 spiro atoms. The van der Waals surface area contributed by atoms with Crippen molar-refractivity contribution >= 4 is 5.78 Å². The lowest BCUT2D eigenvalue weighted by atomic mass is 9.98. The van der Waals surface area contributed by atoms with E-state index in [1.807, 2.05) is 12.2 Å². The van der Waals surface area contributed by atoms with Crippen LogP contribution in [0.4, 0.5) is 0 Å². The van der Waals surface area contributed by atoms with Crippen molar-refractivity contribution in [2.24, 2.45) is 0 Å². The summed E-state index contributed by atoms with van der Waals surface area (Å²) in [5.41, 5.74) is 1.16. The van der Waals surface area contributed by atoms with Gasteiger partial charge in [-0.05, 0) is 62.7 Å². The van der Waals surface area contributed by atoms with Crippen molar-refractivity contribution in [3.05, 3.63) is 23.8 Å². The van der Waals surface area contributed by atoms with E-state index in [1.54, 1.807) is 13.2 Å². The Bertz CT molecular complexity index is 405. The summed E-state index contributed by atoms with van der Waals surface area (Å²) in [5.74, 6) is 0.0846. The quantitative estimate of drug-likeness (QED) is 0.532. The van der Waals surface area contributed by atoms with Gasteiger partial charge in [0.05, 0.1) is 26.7 Å². The van der Waals surface area contributed by atoms with E-state index in [1.165, 1.54) is 62.6 Å². The molecule has 0 bridgehead atoms. The van der Waals surface area contributed by atoms with Crippen LogP contribution in [0.1, 0.15) is 44.9 Å². The first kappa shape index (κ1) is 16.4. The minimum atomic E-state index is -0.364. The first-order chi connectivity index (χ1) is 10.1. The third-order valence-corrected chi connectivity index (χ3v) is 4.91. The summed E-state index contributed by atoms with van der Waals surface area (Å²) >= 11 is 0. The normalized spacial score (nSPS) is 25.0. The van der Waals surface area contributed by atoms with Crippen LogP contribution in [0, 0.1) is 0 Å². The molecular weight excluding hydrogens is 262 g/mol. The second kappa shape index (κ2) is 7.90. The van der Waals surface area contributed by atoms with Crippen molar-refractivity contribution in [2.75, 3.05) is 33.8 Å². The number of carbonyl (C=O) groups is 1. The zero-order valence-corrected chi connectivity index (χ0v) is 13.6. The van der Waals surface area contributed by atoms with Gasteiger partial charge in [0.25, 0.3) is 0 Å². The summed E-state index contributed by atoms with van der Waals surface area (Å²) in [4.78, 5) is 11.7. The van der Waals surface area contributed by atoms with Crippen molar-refractivity contribution in [1.82, 2.24) is 0 Å². The molecule has 1 atom stereocenters. The Balaban J connectivity index is 1.62. The van der Waals surface area contributed by atoms with Crippen LogP contribution < -0.4 is 0 Å². The van der Waals surface area contributed by atoms with Crippen LogP contribution in [-0.4, -0.2) is 50.2 Å². The highest BCUT2D eigenvalue weighted by atomic mass is 16.5. The van der Waals surface area contributed by atoms with Crippen molar-refractivity contribution < 1.29 is 14.0 Å². The van der Waals surface area contributed by atoms with Crippen molar-refractivity contribution in [3.8, 4) is 0 Å². The van der Waals surface area contributed by atoms with E-state index in [4.69, 9.17) is 4.74 Å². The van der Waals surface area contributed by atoms with Crippen LogP contribution in [0.5, 0.6) is 0 Å². The van der Waals surface area contributed by atoms with Crippen molar-refractivity contribution in [2.45, 2.75) is 51.0 Å². The molecule has 2 rings (SSSR count). The minimum absolute atomic E-state index is 0.0846. The van der Waals surface area contributed by atoms with E-state index >= 15 is 0 Å². The van der Waals surface area contributed by atoms with Gasteiger partial charge < -0.3 is 9.22 Å². The van der Waals surface area contributed by atoms with Crippen LogP contribution >= 0.6 is 0 Å². The topological polar surface area (TPSA) is 26.3 Å². The van der Waals surface area contributed by atoms with Crippen LogP contribution in [0.3, 0.4) is 0 Å². The Labute approximate surface area is 129 Å². The molecule has 1 saturated heterocycles. The highest BCUT2D eigenvalue weighted by Crippen LogP contribution is 2.19. The molecule has 3 heteroatoms. The summed E-state index contributed by atoms with van der Waals surface area (Å²) in [6, 6.07) is 0. The van der Waals surface area contributed by atoms with E-state index in [0.717, 1.165) is 12.0 Å². The SMILES string of the molecule is COC1C=CC(CCCCC[N+]2(C)CCCCC2)=CC1=O. The molecule has 1 heterocycles. The first-order valence-corrected chi connectivity index (χ1v) is 8.42. The fourth-order valence-electron chi connectivity index (χ4n) is 3.47. The molecule has 118 valence electrons. The number of methoxy groups -OCH3 is 1. The number of piperidine rings is 1. The van der Waals surface area contributed by atoms with Gasteiger partial charge in [-0.15, -0.1) is 0 Å². The molecule has 1 unspecified atom stereocenters. The number of nitrogens with zero attached hydrogens (tertiary/aromatic N) is 1. The number of likely N-dealkylation sites (tertiary alicyclic amines) is 1. The molecule has 0 radical (unpaired) electrons. The maximum atomic E-state index is 11.7. The second-order valence-electron chi connectivity index (χ2n) is 6.80. The summed E-state index contributed by atoms with van der Waals surface area (Å²) in [6.45, 7) is 4.04. The Hall–Kier alpha value is -0.930. The van der Waals surface area contributed by atoms with Crippen LogP contribution in [0.25, 0.3) is 0 Å². The van der Waals surface area contributed by atoms with Gasteiger partial charge >= 0.3 is 0 Å². The van der Waals surface area contributed by atoms with Gasteiger partial charge in [0.1, 0.15) is 6.10 Å². The molecule has 1 aliphatic carbocycles. The molecular formula is C18H30NO2+. The molecule has 0 N–H and O–H groups in total. The third kappa shape index (κ3) is 5.08. The highest BCUT2D eigenvalue weighted by Gasteiger charge is 2.23. The number of hydrogen-bond acceptors (Lipinski definition) is 2. The molecule has 0 aromatic rings. The number of carbonyl (C=O) groups excluding carboxylic acids is 1. The van der Waals surface area contributed by atoms with Gasteiger partial charge in [0.2, 0.25) is 0 Å². The Kier molecular flexibility index (Phi) is 6.19. The van der Waals surface area contributed by atoms with Gasteiger partial charge in [-0.1, -0.05) is 6.08 Å². The first-order valence-electron chi connectivity index (χ1n) is 8.42. The zero-order valence-electron chi connectivity index (χ0n) is 13.6. The number of quaternary nitrogens is 1. The smallest absolute Gasteiger partial charge is 0.188 e. The predicted molar refractivity (Wildman–Crippen MR) is 86.1 cm³/mol. The maximum absolute atomic E-state index is 11.7. The number of hydrogen-bond donors (Lipinski definition) is 0. The van der Waals surface area contributed by atoms with Crippen LogP contribution in [0.15, 0.2) is 23.8 Å². The number of rotatable bonds is 7. The lowest BCUT2D eigenvalue weighted by Crippen LogP contribution is -2.48. The van der Waals surface area contributed by atoms with Gasteiger partial charge in [0.15, 0.2) is 5.78 Å². The molecule has 2 aliphatic rings. The average Bonchev–Trinajstić information content (AvgIpc) is 2.48. The van der Waals surface area contributed by atoms with Crippen LogP contribution in [-0.2, 0) is 9.53 Å². The lowest BCUT2D eigenvalue weighted by molar-refractivity contribution is -0.914. The van der Waals surface area contributed by atoms with Gasteiger partial charge in [-0.2, -0.15) is 0 Å². The summed E-state index contributed by atoms with van der Waals surface area (Å²) in [7, 11) is 3.99. The number of ether oxygens (including phenoxy) is 1. The summed E-state index contributed by atoms with van der Waals surface area (Å²) in [6.07, 6.45) is 14.3. The molecule has 1 fully saturated rings. The minimum Gasteiger partial charge on any atom is -0.369 e. The third-order valence-electron chi connectivity index (χ3n) is 4.91. The maximum Gasteiger partial charge on any atom is 0.188 e. The number of unbranched alkanes of at least 4 members (excludes halogenated alkanes) is 2. The fraction of sp³-hybridized carbons (Fsp3) is 0.722. The van der Waals surface area contributed by atoms with Gasteiger partial charge in [-0.25, -0.2) is 0 Å². The lowest BCUT2D eigenvalue weighted by Gasteiger charge is -2.37. The van der Waals surface area contributed by atoms with E-state index < -0.39 is 0 Å².